The van der Waals surface area contributed by atoms with Crippen molar-refractivity contribution in [3.63, 3.8) is 0 Å². The van der Waals surface area contributed by atoms with E-state index in [0.29, 0.717) is 0 Å². The summed E-state index contributed by atoms with van der Waals surface area (Å²) in [6.45, 7) is 6.97. The molecule has 3 aromatic heterocycles. The summed E-state index contributed by atoms with van der Waals surface area (Å²) in [6, 6.07) is 37.8. The van der Waals surface area contributed by atoms with Crippen LogP contribution in [0.5, 0.6) is 0 Å². The Morgan fingerprint density at radius 2 is 1.53 bits per heavy atom. The van der Waals surface area contributed by atoms with Crippen molar-refractivity contribution in [2.75, 3.05) is 4.90 Å². The zero-order valence-electron chi connectivity index (χ0n) is 24.2. The molecule has 204 valence electrons. The highest BCUT2D eigenvalue weighted by molar-refractivity contribution is 7.17. The van der Waals surface area contributed by atoms with Crippen LogP contribution < -0.4 is 15.8 Å². The van der Waals surface area contributed by atoms with E-state index in [0.717, 1.165) is 11.2 Å². The first-order valence-electron chi connectivity index (χ1n) is 15.0. The molecule has 0 fully saturated rings. The van der Waals surface area contributed by atoms with Crippen LogP contribution in [0, 0.1) is 0 Å². The van der Waals surface area contributed by atoms with Crippen LogP contribution in [-0.4, -0.2) is 11.3 Å². The molecule has 3 nitrogen and oxygen atoms in total. The summed E-state index contributed by atoms with van der Waals surface area (Å²) < 4.78 is 9.36. The minimum absolute atomic E-state index is 0.0345. The standard InChI is InChI=1S/C38H27BN2OS/c1-38(2,3)22-17-18-29-26(19-22)33-35-27(20-25-24-13-7-10-16-32(24)42-36(25)33)37-34-31(21-43-37)40(23-11-5-4-6-12-23)30-15-9-8-14-28(30)39(34)41(29)35/h4-21H,1-3H3. The number of hydrogen-bond donors (Lipinski definition) is 0. The number of fused-ring (bicyclic) bond motifs is 11. The average Bonchev–Trinajstić information content (AvgIpc) is 3.72. The molecular weight excluding hydrogens is 543 g/mol. The third-order valence-corrected chi connectivity index (χ3v) is 10.6. The highest BCUT2D eigenvalue weighted by Gasteiger charge is 2.44. The van der Waals surface area contributed by atoms with E-state index in [1.165, 1.54) is 76.6 Å². The topological polar surface area (TPSA) is 21.3 Å². The Labute approximate surface area is 253 Å². The molecule has 0 saturated carbocycles. The maximum Gasteiger partial charge on any atom is 0.333 e. The highest BCUT2D eigenvalue weighted by atomic mass is 32.1. The van der Waals surface area contributed by atoms with Crippen molar-refractivity contribution in [1.29, 1.82) is 0 Å². The molecule has 0 radical (unpaired) electrons. The number of aromatic nitrogens is 1. The summed E-state index contributed by atoms with van der Waals surface area (Å²) in [5, 5.41) is 7.24. The Bertz CT molecular complexity index is 2460. The van der Waals surface area contributed by atoms with E-state index in [2.05, 4.69) is 139 Å². The lowest BCUT2D eigenvalue weighted by Gasteiger charge is -2.37. The molecule has 43 heavy (non-hydrogen) atoms. The minimum atomic E-state index is 0.0345. The predicted molar refractivity (Wildman–Crippen MR) is 184 cm³/mol. The number of anilines is 3. The van der Waals surface area contributed by atoms with Crippen LogP contribution in [0.1, 0.15) is 26.3 Å². The molecule has 0 unspecified atom stereocenters. The zero-order valence-corrected chi connectivity index (χ0v) is 25.0. The van der Waals surface area contributed by atoms with Gasteiger partial charge in [-0.2, -0.15) is 0 Å². The first kappa shape index (κ1) is 23.8. The molecule has 2 aliphatic rings. The van der Waals surface area contributed by atoms with Gasteiger partial charge in [-0.1, -0.05) is 81.4 Å². The lowest BCUT2D eigenvalue weighted by atomic mass is 9.46. The SMILES string of the molecule is CC(C)(C)c1ccc2c(c1)c1c3oc4ccccc4c3cc3c1n2B1c2ccccc2N(c2ccccc2)c2csc-3c21. The van der Waals surface area contributed by atoms with E-state index in [1.54, 1.807) is 0 Å². The second-order valence-corrected chi connectivity index (χ2v) is 13.9. The number of hydrogen-bond acceptors (Lipinski definition) is 3. The van der Waals surface area contributed by atoms with Crippen molar-refractivity contribution in [2.24, 2.45) is 0 Å². The molecular formula is C38H27BN2OS. The molecule has 2 aliphatic heterocycles. The first-order valence-corrected chi connectivity index (χ1v) is 15.9. The fourth-order valence-electron chi connectivity index (χ4n) is 7.66. The second kappa shape index (κ2) is 8.00. The molecule has 8 aromatic rings. The molecule has 10 rings (SSSR count). The number of furan rings is 1. The summed E-state index contributed by atoms with van der Waals surface area (Å²) in [5.74, 6) is 0. The number of nitrogens with zero attached hydrogens (tertiary/aromatic N) is 2. The normalized spacial score (nSPS) is 13.8. The van der Waals surface area contributed by atoms with E-state index < -0.39 is 0 Å². The monoisotopic (exact) mass is 570 g/mol. The van der Waals surface area contributed by atoms with Gasteiger partial charge in [0.05, 0.1) is 16.6 Å². The van der Waals surface area contributed by atoms with Gasteiger partial charge in [0.1, 0.15) is 11.2 Å². The van der Waals surface area contributed by atoms with Gasteiger partial charge in [0.15, 0.2) is 0 Å². The Hall–Kier alpha value is -4.74. The van der Waals surface area contributed by atoms with Gasteiger partial charge in [0, 0.05) is 48.9 Å². The van der Waals surface area contributed by atoms with Crippen molar-refractivity contribution < 1.29 is 4.42 Å². The van der Waals surface area contributed by atoms with E-state index in [-0.39, 0.29) is 12.3 Å². The summed E-state index contributed by atoms with van der Waals surface area (Å²) in [6.07, 6.45) is 0. The lowest BCUT2D eigenvalue weighted by Crippen LogP contribution is -2.55. The van der Waals surface area contributed by atoms with Gasteiger partial charge >= 0.3 is 6.85 Å². The third kappa shape index (κ3) is 2.95. The van der Waals surface area contributed by atoms with Crippen LogP contribution in [-0.2, 0) is 5.41 Å². The van der Waals surface area contributed by atoms with Gasteiger partial charge in [0.2, 0.25) is 0 Å². The Morgan fingerprint density at radius 3 is 2.40 bits per heavy atom. The van der Waals surface area contributed by atoms with Gasteiger partial charge in [-0.15, -0.1) is 11.3 Å². The summed E-state index contributed by atoms with van der Waals surface area (Å²) in [7, 11) is 0. The summed E-state index contributed by atoms with van der Waals surface area (Å²) in [4.78, 5) is 3.82. The number of para-hydroxylation sites is 3. The minimum Gasteiger partial charge on any atom is -0.455 e. The van der Waals surface area contributed by atoms with E-state index in [1.807, 2.05) is 11.3 Å². The Kier molecular flexibility index (Phi) is 4.43. The van der Waals surface area contributed by atoms with E-state index in [4.69, 9.17) is 4.42 Å². The van der Waals surface area contributed by atoms with Gasteiger partial charge in [-0.25, -0.2) is 0 Å². The number of thiophene rings is 1. The fourth-order valence-corrected chi connectivity index (χ4v) is 8.75. The zero-order chi connectivity index (χ0) is 28.6. The van der Waals surface area contributed by atoms with Gasteiger partial charge in [0.25, 0.3) is 0 Å². The molecule has 5 heteroatoms. The van der Waals surface area contributed by atoms with Crippen molar-refractivity contribution in [2.45, 2.75) is 26.2 Å². The van der Waals surface area contributed by atoms with Crippen molar-refractivity contribution in [1.82, 2.24) is 4.48 Å². The molecule has 0 N–H and O–H groups in total. The Balaban J connectivity index is 1.42. The van der Waals surface area contributed by atoms with Crippen LogP contribution in [0.2, 0.25) is 0 Å². The van der Waals surface area contributed by atoms with Gasteiger partial charge < -0.3 is 13.8 Å². The Morgan fingerprint density at radius 1 is 0.744 bits per heavy atom. The van der Waals surface area contributed by atoms with Crippen LogP contribution in [0.3, 0.4) is 0 Å². The second-order valence-electron chi connectivity index (χ2n) is 13.0. The quantitative estimate of drug-likeness (QED) is 0.183. The number of benzene rings is 5. The first-order chi connectivity index (χ1) is 21.0. The molecule has 0 amide bonds. The number of rotatable bonds is 1. The molecule has 5 aromatic carbocycles. The van der Waals surface area contributed by atoms with Crippen LogP contribution >= 0.6 is 11.3 Å². The van der Waals surface area contributed by atoms with Crippen LogP contribution in [0.4, 0.5) is 17.1 Å². The highest BCUT2D eigenvalue weighted by Crippen LogP contribution is 2.50. The molecule has 0 atom stereocenters. The molecule has 5 heterocycles. The van der Waals surface area contributed by atoms with Crippen molar-refractivity contribution in [3.8, 4) is 10.4 Å². The molecule has 0 saturated heterocycles. The average molecular weight is 571 g/mol. The smallest absolute Gasteiger partial charge is 0.333 e. The lowest BCUT2D eigenvalue weighted by molar-refractivity contribution is 0.591. The van der Waals surface area contributed by atoms with E-state index in [9.17, 15) is 0 Å². The maximum atomic E-state index is 6.74. The van der Waals surface area contributed by atoms with E-state index >= 15 is 0 Å². The van der Waals surface area contributed by atoms with Crippen molar-refractivity contribution in [3.05, 3.63) is 114 Å². The maximum absolute atomic E-state index is 6.74. The van der Waals surface area contributed by atoms with Crippen molar-refractivity contribution >= 4 is 89.9 Å². The van der Waals surface area contributed by atoms with Gasteiger partial charge in [-0.3, -0.25) is 0 Å². The molecule has 0 spiro atoms. The summed E-state index contributed by atoms with van der Waals surface area (Å²) in [5.41, 5.74) is 13.6. The van der Waals surface area contributed by atoms with Gasteiger partial charge in [-0.05, 0) is 64.4 Å². The summed E-state index contributed by atoms with van der Waals surface area (Å²) >= 11 is 1.87. The van der Waals surface area contributed by atoms with Crippen LogP contribution in [0.15, 0.2) is 113 Å². The third-order valence-electron chi connectivity index (χ3n) is 9.59. The largest absolute Gasteiger partial charge is 0.455 e. The molecule has 0 aliphatic carbocycles. The predicted octanol–water partition coefficient (Wildman–Crippen LogP) is 9.47. The van der Waals surface area contributed by atoms with Crippen LogP contribution in [0.25, 0.3) is 54.2 Å². The molecule has 0 bridgehead atoms. The fraction of sp³-hybridized carbons (Fsp3) is 0.105.